The van der Waals surface area contributed by atoms with Gasteiger partial charge in [0.1, 0.15) is 12.1 Å². The lowest BCUT2D eigenvalue weighted by Gasteiger charge is -2.10. The molecule has 0 fully saturated rings. The predicted octanol–water partition coefficient (Wildman–Crippen LogP) is 2.79. The van der Waals surface area contributed by atoms with Gasteiger partial charge in [-0.15, -0.1) is 0 Å². The molecule has 0 bridgehead atoms. The van der Waals surface area contributed by atoms with E-state index in [9.17, 15) is 0 Å². The van der Waals surface area contributed by atoms with Crippen molar-refractivity contribution < 1.29 is 9.47 Å². The minimum absolute atomic E-state index is 0.277. The zero-order valence-corrected chi connectivity index (χ0v) is 13.2. The van der Waals surface area contributed by atoms with Gasteiger partial charge in [0.15, 0.2) is 11.5 Å². The molecular formula is C18H18N4O2. The van der Waals surface area contributed by atoms with Crippen LogP contribution in [0.25, 0.3) is 22.0 Å². The summed E-state index contributed by atoms with van der Waals surface area (Å²) in [5, 5.41) is 4.32. The largest absolute Gasteiger partial charge is 0.454 e. The van der Waals surface area contributed by atoms with Crippen LogP contribution in [0.4, 0.5) is 5.82 Å². The number of anilines is 1. The summed E-state index contributed by atoms with van der Waals surface area (Å²) < 4.78 is 10.8. The van der Waals surface area contributed by atoms with E-state index in [0.717, 1.165) is 52.3 Å². The first-order valence-corrected chi connectivity index (χ1v) is 7.94. The van der Waals surface area contributed by atoms with E-state index in [-0.39, 0.29) is 6.79 Å². The van der Waals surface area contributed by atoms with E-state index >= 15 is 0 Å². The average Bonchev–Trinajstić information content (AvgIpc) is 3.09. The number of fused-ring (bicyclic) bond motifs is 2. The van der Waals surface area contributed by atoms with E-state index in [1.54, 1.807) is 6.33 Å². The maximum Gasteiger partial charge on any atom is 0.231 e. The lowest BCUT2D eigenvalue weighted by atomic mass is 10.0. The van der Waals surface area contributed by atoms with E-state index in [4.69, 9.17) is 15.2 Å². The molecule has 0 aliphatic carbocycles. The number of ether oxygens (including phenoxy) is 2. The number of nitrogens with one attached hydrogen (secondary N) is 1. The van der Waals surface area contributed by atoms with Crippen molar-refractivity contribution in [1.29, 1.82) is 0 Å². The SMILES string of the molecule is NCCCNc1ncnc2ccc(-c3ccc4c(c3)OCO4)cc12. The fraction of sp³-hybridized carbons (Fsp3) is 0.222. The lowest BCUT2D eigenvalue weighted by Crippen LogP contribution is -2.09. The van der Waals surface area contributed by atoms with E-state index < -0.39 is 0 Å². The Hall–Kier alpha value is -2.86. The molecule has 3 aromatic rings. The highest BCUT2D eigenvalue weighted by molar-refractivity contribution is 5.92. The maximum absolute atomic E-state index is 5.56. The molecule has 0 spiro atoms. The Morgan fingerprint density at radius 1 is 1.00 bits per heavy atom. The highest BCUT2D eigenvalue weighted by Gasteiger charge is 2.14. The molecule has 6 heteroatoms. The summed E-state index contributed by atoms with van der Waals surface area (Å²) in [6.45, 7) is 1.72. The van der Waals surface area contributed by atoms with Gasteiger partial charge in [-0.1, -0.05) is 12.1 Å². The minimum Gasteiger partial charge on any atom is -0.454 e. The second-order valence-electron chi connectivity index (χ2n) is 5.59. The van der Waals surface area contributed by atoms with Gasteiger partial charge < -0.3 is 20.5 Å². The summed E-state index contributed by atoms with van der Waals surface area (Å²) >= 11 is 0. The van der Waals surface area contributed by atoms with Crippen molar-refractivity contribution in [2.45, 2.75) is 6.42 Å². The topological polar surface area (TPSA) is 82.3 Å². The van der Waals surface area contributed by atoms with Gasteiger partial charge in [0.25, 0.3) is 0 Å². The highest BCUT2D eigenvalue weighted by Crippen LogP contribution is 2.36. The van der Waals surface area contributed by atoms with Gasteiger partial charge in [-0.3, -0.25) is 0 Å². The van der Waals surface area contributed by atoms with Crippen molar-refractivity contribution in [2.75, 3.05) is 25.2 Å². The molecule has 1 aliphatic heterocycles. The molecule has 1 aliphatic rings. The monoisotopic (exact) mass is 322 g/mol. The molecule has 2 aromatic carbocycles. The summed E-state index contributed by atoms with van der Waals surface area (Å²) in [4.78, 5) is 8.71. The minimum atomic E-state index is 0.277. The number of nitrogens with two attached hydrogens (primary N) is 1. The van der Waals surface area contributed by atoms with Gasteiger partial charge in [-0.05, 0) is 48.4 Å². The molecule has 0 atom stereocenters. The lowest BCUT2D eigenvalue weighted by molar-refractivity contribution is 0.174. The van der Waals surface area contributed by atoms with E-state index in [0.29, 0.717) is 6.54 Å². The Balaban J connectivity index is 1.72. The Morgan fingerprint density at radius 3 is 2.75 bits per heavy atom. The van der Waals surface area contributed by atoms with Crippen molar-refractivity contribution in [2.24, 2.45) is 5.73 Å². The third kappa shape index (κ3) is 2.72. The van der Waals surface area contributed by atoms with Crippen LogP contribution >= 0.6 is 0 Å². The molecule has 0 saturated heterocycles. The summed E-state index contributed by atoms with van der Waals surface area (Å²) in [6, 6.07) is 12.1. The number of hydrogen-bond acceptors (Lipinski definition) is 6. The molecule has 0 unspecified atom stereocenters. The number of aromatic nitrogens is 2. The van der Waals surface area contributed by atoms with Crippen molar-refractivity contribution in [3.63, 3.8) is 0 Å². The van der Waals surface area contributed by atoms with Gasteiger partial charge in [-0.25, -0.2) is 9.97 Å². The second-order valence-corrected chi connectivity index (χ2v) is 5.59. The van der Waals surface area contributed by atoms with Crippen LogP contribution in [0.2, 0.25) is 0 Å². The summed E-state index contributed by atoms with van der Waals surface area (Å²) in [7, 11) is 0. The van der Waals surface area contributed by atoms with Gasteiger partial charge in [-0.2, -0.15) is 0 Å². The molecule has 1 aromatic heterocycles. The summed E-state index contributed by atoms with van der Waals surface area (Å²) in [6.07, 6.45) is 2.47. The van der Waals surface area contributed by atoms with E-state index in [1.807, 2.05) is 24.3 Å². The Morgan fingerprint density at radius 2 is 1.83 bits per heavy atom. The van der Waals surface area contributed by atoms with Crippen LogP contribution < -0.4 is 20.5 Å². The Labute approximate surface area is 139 Å². The molecule has 122 valence electrons. The van der Waals surface area contributed by atoms with Crippen LogP contribution in [0, 0.1) is 0 Å². The number of hydrogen-bond donors (Lipinski definition) is 2. The smallest absolute Gasteiger partial charge is 0.231 e. The fourth-order valence-corrected chi connectivity index (χ4v) is 2.76. The maximum atomic E-state index is 5.56. The number of nitrogens with zero attached hydrogens (tertiary/aromatic N) is 2. The summed E-state index contributed by atoms with van der Waals surface area (Å²) in [5.74, 6) is 2.39. The van der Waals surface area contributed by atoms with Crippen LogP contribution in [-0.2, 0) is 0 Å². The third-order valence-electron chi connectivity index (χ3n) is 4.01. The van der Waals surface area contributed by atoms with Crippen molar-refractivity contribution in [3.05, 3.63) is 42.7 Å². The van der Waals surface area contributed by atoms with Crippen LogP contribution in [0.3, 0.4) is 0 Å². The highest BCUT2D eigenvalue weighted by atomic mass is 16.7. The van der Waals surface area contributed by atoms with Gasteiger partial charge in [0.05, 0.1) is 5.52 Å². The number of benzene rings is 2. The first-order valence-electron chi connectivity index (χ1n) is 7.94. The van der Waals surface area contributed by atoms with Crippen molar-refractivity contribution in [3.8, 4) is 22.6 Å². The summed E-state index contributed by atoms with van der Waals surface area (Å²) in [5.41, 5.74) is 8.61. The van der Waals surface area contributed by atoms with Crippen molar-refractivity contribution in [1.82, 2.24) is 9.97 Å². The molecule has 2 heterocycles. The normalized spacial score (nSPS) is 12.5. The van der Waals surface area contributed by atoms with Crippen LogP contribution in [-0.4, -0.2) is 29.9 Å². The molecule has 0 amide bonds. The van der Waals surface area contributed by atoms with Gasteiger partial charge in [0.2, 0.25) is 6.79 Å². The van der Waals surface area contributed by atoms with E-state index in [2.05, 4.69) is 27.4 Å². The van der Waals surface area contributed by atoms with Crippen LogP contribution in [0.1, 0.15) is 6.42 Å². The number of rotatable bonds is 5. The van der Waals surface area contributed by atoms with Gasteiger partial charge in [0, 0.05) is 11.9 Å². The standard InChI is InChI=1S/C18H18N4O2/c19-6-1-7-20-18-14-8-12(2-4-15(14)21-10-22-18)13-3-5-16-17(9-13)24-11-23-16/h2-5,8-10H,1,6-7,11,19H2,(H,20,21,22). The molecule has 6 nitrogen and oxygen atoms in total. The molecule has 0 saturated carbocycles. The quantitative estimate of drug-likeness (QED) is 0.703. The molecule has 24 heavy (non-hydrogen) atoms. The first kappa shape index (κ1) is 14.7. The van der Waals surface area contributed by atoms with E-state index in [1.165, 1.54) is 0 Å². The molecule has 3 N–H and O–H groups in total. The third-order valence-corrected chi connectivity index (χ3v) is 4.01. The second kappa shape index (κ2) is 6.33. The molecular weight excluding hydrogens is 304 g/mol. The van der Waals surface area contributed by atoms with Crippen molar-refractivity contribution >= 4 is 16.7 Å². The van der Waals surface area contributed by atoms with Crippen LogP contribution in [0.5, 0.6) is 11.5 Å². The zero-order chi connectivity index (χ0) is 16.4. The fourth-order valence-electron chi connectivity index (χ4n) is 2.76. The predicted molar refractivity (Wildman–Crippen MR) is 93.3 cm³/mol. The Bertz CT molecular complexity index is 882. The zero-order valence-electron chi connectivity index (χ0n) is 13.2. The molecule has 0 radical (unpaired) electrons. The Kier molecular flexibility index (Phi) is 3.88. The average molecular weight is 322 g/mol. The van der Waals surface area contributed by atoms with Gasteiger partial charge >= 0.3 is 0 Å². The van der Waals surface area contributed by atoms with Crippen LogP contribution in [0.15, 0.2) is 42.7 Å². The molecule has 4 rings (SSSR count). The first-order chi connectivity index (χ1) is 11.8.